The van der Waals surface area contributed by atoms with E-state index in [4.69, 9.17) is 11.6 Å². The van der Waals surface area contributed by atoms with E-state index in [0.717, 1.165) is 23.1 Å². The number of fused-ring (bicyclic) bond motifs is 1. The van der Waals surface area contributed by atoms with E-state index in [1.54, 1.807) is 30.1 Å². The van der Waals surface area contributed by atoms with E-state index in [2.05, 4.69) is 4.98 Å². The molecule has 1 amide bonds. The highest BCUT2D eigenvalue weighted by Crippen LogP contribution is 2.31. The maximum absolute atomic E-state index is 13.4. The normalized spacial score (nSPS) is 12.1. The molecule has 0 radical (unpaired) electrons. The molecule has 178 valence electrons. The molecule has 0 aliphatic heterocycles. The van der Waals surface area contributed by atoms with Gasteiger partial charge in [0.25, 0.3) is 5.91 Å². The van der Waals surface area contributed by atoms with E-state index in [-0.39, 0.29) is 10.8 Å². The van der Waals surface area contributed by atoms with Crippen molar-refractivity contribution in [2.45, 2.75) is 24.7 Å². The number of rotatable bonds is 10. The van der Waals surface area contributed by atoms with E-state index in [9.17, 15) is 13.2 Å². The predicted octanol–water partition coefficient (Wildman–Crippen LogP) is 4.58. The van der Waals surface area contributed by atoms with Crippen molar-refractivity contribution in [1.82, 2.24) is 14.2 Å². The molecule has 0 saturated heterocycles. The number of carbonyl (C=O) groups excluding carboxylic acids is 1. The van der Waals surface area contributed by atoms with E-state index in [1.165, 1.54) is 27.8 Å². The minimum Gasteiger partial charge on any atom is -0.308 e. The number of nitrogens with zero attached hydrogens (tertiary/aromatic N) is 4. The van der Waals surface area contributed by atoms with Crippen LogP contribution in [0.1, 0.15) is 30.1 Å². The fraction of sp³-hybridized carbons (Fsp3) is 0.391. The predicted molar refractivity (Wildman–Crippen MR) is 136 cm³/mol. The van der Waals surface area contributed by atoms with E-state index in [1.807, 2.05) is 38.1 Å². The van der Waals surface area contributed by atoms with Gasteiger partial charge in [0, 0.05) is 37.3 Å². The Labute approximate surface area is 204 Å². The smallest absolute Gasteiger partial charge is 0.260 e. The molecule has 0 fully saturated rings. The molecule has 0 unspecified atom stereocenters. The zero-order valence-corrected chi connectivity index (χ0v) is 21.7. The molecule has 3 aromatic rings. The summed E-state index contributed by atoms with van der Waals surface area (Å²) in [7, 11) is 1.87. The van der Waals surface area contributed by atoms with Gasteiger partial charge in [-0.3, -0.25) is 9.69 Å². The first-order valence-corrected chi connectivity index (χ1v) is 13.4. The van der Waals surface area contributed by atoms with E-state index in [0.29, 0.717) is 35.4 Å². The molecule has 3 rings (SSSR count). The van der Waals surface area contributed by atoms with Crippen LogP contribution in [0.25, 0.3) is 10.2 Å². The quantitative estimate of drug-likeness (QED) is 0.401. The number of halogens is 1. The van der Waals surface area contributed by atoms with Crippen LogP contribution in [0.3, 0.4) is 0 Å². The summed E-state index contributed by atoms with van der Waals surface area (Å²) in [5, 5.41) is 1.19. The summed E-state index contributed by atoms with van der Waals surface area (Å²) in [4.78, 5) is 21.9. The van der Waals surface area contributed by atoms with Gasteiger partial charge in [-0.25, -0.2) is 17.7 Å². The first kappa shape index (κ1) is 25.6. The number of aromatic nitrogens is 1. The van der Waals surface area contributed by atoms with Gasteiger partial charge in [0.1, 0.15) is 0 Å². The van der Waals surface area contributed by atoms with Crippen molar-refractivity contribution in [3.63, 3.8) is 0 Å². The van der Waals surface area contributed by atoms with Gasteiger partial charge in [-0.1, -0.05) is 36.3 Å². The number of benzene rings is 2. The van der Waals surface area contributed by atoms with E-state index < -0.39 is 10.0 Å². The molecule has 33 heavy (non-hydrogen) atoms. The fourth-order valence-electron chi connectivity index (χ4n) is 3.19. The third-order valence-electron chi connectivity index (χ3n) is 5.22. The lowest BCUT2D eigenvalue weighted by molar-refractivity contribution is 0.0985. The van der Waals surface area contributed by atoms with Crippen molar-refractivity contribution >= 4 is 54.2 Å². The highest BCUT2D eigenvalue weighted by molar-refractivity contribution is 7.89. The lowest BCUT2D eigenvalue weighted by Crippen LogP contribution is -2.36. The van der Waals surface area contributed by atoms with Crippen LogP contribution < -0.4 is 4.90 Å². The Balaban J connectivity index is 1.89. The maximum atomic E-state index is 13.4. The van der Waals surface area contributed by atoms with Gasteiger partial charge in [-0.15, -0.1) is 0 Å². The number of sulfonamides is 1. The summed E-state index contributed by atoms with van der Waals surface area (Å²) < 4.78 is 27.8. The van der Waals surface area contributed by atoms with Gasteiger partial charge < -0.3 is 4.90 Å². The van der Waals surface area contributed by atoms with Crippen molar-refractivity contribution in [3.8, 4) is 0 Å². The molecule has 1 aromatic heterocycles. The lowest BCUT2D eigenvalue weighted by Gasteiger charge is -2.22. The fourth-order valence-corrected chi connectivity index (χ4v) is 5.67. The Morgan fingerprint density at radius 1 is 1.03 bits per heavy atom. The number of hydrogen-bond donors (Lipinski definition) is 0. The summed E-state index contributed by atoms with van der Waals surface area (Å²) in [5.41, 5.74) is 1.18. The van der Waals surface area contributed by atoms with Gasteiger partial charge >= 0.3 is 0 Å². The van der Waals surface area contributed by atoms with Gasteiger partial charge in [0.2, 0.25) is 10.0 Å². The molecule has 0 bridgehead atoms. The molecule has 10 heteroatoms. The van der Waals surface area contributed by atoms with Crippen LogP contribution in [-0.4, -0.2) is 69.3 Å². The average molecular weight is 509 g/mol. The lowest BCUT2D eigenvalue weighted by atomic mass is 10.2. The van der Waals surface area contributed by atoms with Crippen molar-refractivity contribution in [3.05, 3.63) is 53.1 Å². The monoisotopic (exact) mass is 508 g/mol. The van der Waals surface area contributed by atoms with Gasteiger partial charge in [-0.2, -0.15) is 0 Å². The second kappa shape index (κ2) is 10.9. The van der Waals surface area contributed by atoms with Crippen LogP contribution in [0.5, 0.6) is 0 Å². The Kier molecular flexibility index (Phi) is 8.47. The summed E-state index contributed by atoms with van der Waals surface area (Å²) in [6.45, 7) is 3.57. The molecule has 1 heterocycles. The van der Waals surface area contributed by atoms with Crippen molar-refractivity contribution in [2.75, 3.05) is 45.7 Å². The Hall–Kier alpha value is -2.04. The average Bonchev–Trinajstić information content (AvgIpc) is 3.19. The second-order valence-corrected chi connectivity index (χ2v) is 11.6. The first-order valence-electron chi connectivity index (χ1n) is 10.7. The largest absolute Gasteiger partial charge is 0.308 e. The van der Waals surface area contributed by atoms with Gasteiger partial charge in [0.05, 0.1) is 15.1 Å². The van der Waals surface area contributed by atoms with Gasteiger partial charge in [0.15, 0.2) is 5.13 Å². The Morgan fingerprint density at radius 2 is 1.73 bits per heavy atom. The standard InChI is InChI=1S/C23H29ClN4O3S2/c1-5-6-13-27(4)33(30,31)19-10-7-17(8-11-19)22(29)28(15-14-26(2)3)23-25-20-12-9-18(24)16-21(20)32-23/h7-12,16H,5-6,13-15H2,1-4H3. The summed E-state index contributed by atoms with van der Waals surface area (Å²) in [6, 6.07) is 11.6. The van der Waals surface area contributed by atoms with Crippen LogP contribution in [-0.2, 0) is 10.0 Å². The third kappa shape index (κ3) is 6.10. The molecule has 0 aliphatic carbocycles. The minimum atomic E-state index is -3.59. The molecule has 7 nitrogen and oxygen atoms in total. The molecule has 0 aliphatic rings. The highest BCUT2D eigenvalue weighted by atomic mass is 35.5. The van der Waals surface area contributed by atoms with Gasteiger partial charge in [-0.05, 0) is 63.0 Å². The topological polar surface area (TPSA) is 73.8 Å². The van der Waals surface area contributed by atoms with Crippen LogP contribution in [0.15, 0.2) is 47.4 Å². The van der Waals surface area contributed by atoms with Crippen LogP contribution in [0.2, 0.25) is 5.02 Å². The number of carbonyl (C=O) groups is 1. The number of anilines is 1. The number of likely N-dealkylation sites (N-methyl/N-ethyl adjacent to an activating group) is 1. The van der Waals surface area contributed by atoms with Crippen LogP contribution in [0.4, 0.5) is 5.13 Å². The number of unbranched alkanes of at least 4 members (excludes halogenated alkanes) is 1. The van der Waals surface area contributed by atoms with Crippen LogP contribution in [0, 0.1) is 0 Å². The molecule has 0 atom stereocenters. The third-order valence-corrected chi connectivity index (χ3v) is 8.37. The van der Waals surface area contributed by atoms with Crippen LogP contribution >= 0.6 is 22.9 Å². The molecule has 0 saturated carbocycles. The Morgan fingerprint density at radius 3 is 2.36 bits per heavy atom. The van der Waals surface area contributed by atoms with Crippen molar-refractivity contribution in [1.29, 1.82) is 0 Å². The second-order valence-electron chi connectivity index (χ2n) is 8.07. The van der Waals surface area contributed by atoms with Crippen molar-refractivity contribution in [2.24, 2.45) is 0 Å². The van der Waals surface area contributed by atoms with E-state index >= 15 is 0 Å². The number of amides is 1. The minimum absolute atomic E-state index is 0.173. The maximum Gasteiger partial charge on any atom is 0.260 e. The molecule has 0 spiro atoms. The summed E-state index contributed by atoms with van der Waals surface area (Å²) in [5.74, 6) is -0.231. The summed E-state index contributed by atoms with van der Waals surface area (Å²) >= 11 is 7.51. The zero-order chi connectivity index (χ0) is 24.2. The zero-order valence-electron chi connectivity index (χ0n) is 19.3. The molecule has 0 N–H and O–H groups in total. The number of thiazole rings is 1. The highest BCUT2D eigenvalue weighted by Gasteiger charge is 2.24. The Bertz CT molecular complexity index is 1210. The van der Waals surface area contributed by atoms with Crippen molar-refractivity contribution < 1.29 is 13.2 Å². The first-order chi connectivity index (χ1) is 15.6. The number of hydrogen-bond acceptors (Lipinski definition) is 6. The SMILES string of the molecule is CCCCN(C)S(=O)(=O)c1ccc(C(=O)N(CCN(C)C)c2nc3ccc(Cl)cc3s2)cc1. The molecular weight excluding hydrogens is 480 g/mol. The summed E-state index contributed by atoms with van der Waals surface area (Å²) in [6.07, 6.45) is 1.70. The molecule has 2 aromatic carbocycles. The molecular formula is C23H29ClN4O3S2.